The van der Waals surface area contributed by atoms with Gasteiger partial charge in [-0.3, -0.25) is 9.52 Å². The van der Waals surface area contributed by atoms with Gasteiger partial charge >= 0.3 is 0 Å². The van der Waals surface area contributed by atoms with Gasteiger partial charge in [0, 0.05) is 15.6 Å². The summed E-state index contributed by atoms with van der Waals surface area (Å²) < 4.78 is 33.4. The van der Waals surface area contributed by atoms with Crippen LogP contribution >= 0.6 is 23.4 Å². The Bertz CT molecular complexity index is 1200. The second-order valence-electron chi connectivity index (χ2n) is 7.04. The van der Waals surface area contributed by atoms with E-state index in [4.69, 9.17) is 16.3 Å². The van der Waals surface area contributed by atoms with E-state index in [9.17, 15) is 13.2 Å². The van der Waals surface area contributed by atoms with E-state index in [0.29, 0.717) is 22.1 Å². The molecule has 1 atom stereocenters. The number of amides is 1. The first-order valence-electron chi connectivity index (χ1n) is 9.68. The summed E-state index contributed by atoms with van der Waals surface area (Å²) in [6.45, 7) is 3.66. The van der Waals surface area contributed by atoms with Crippen LogP contribution in [0.1, 0.15) is 12.5 Å². The summed E-state index contributed by atoms with van der Waals surface area (Å²) in [5, 5.41) is 3.09. The second-order valence-corrected chi connectivity index (χ2v) is 10.6. The number of carbonyl (C=O) groups excluding carboxylic acids is 1. The van der Waals surface area contributed by atoms with Crippen molar-refractivity contribution in [3.8, 4) is 5.75 Å². The molecule has 32 heavy (non-hydrogen) atoms. The molecule has 0 saturated carbocycles. The summed E-state index contributed by atoms with van der Waals surface area (Å²) in [5.41, 5.74) is 1.76. The van der Waals surface area contributed by atoms with Crippen molar-refractivity contribution in [3.63, 3.8) is 0 Å². The maximum atomic E-state index is 12.8. The van der Waals surface area contributed by atoms with Gasteiger partial charge in [-0.05, 0) is 80.1 Å². The molecule has 0 heterocycles. The lowest BCUT2D eigenvalue weighted by atomic mass is 10.2. The first-order valence-corrected chi connectivity index (χ1v) is 12.4. The maximum absolute atomic E-state index is 12.8. The number of carbonyl (C=O) groups is 1. The second kappa shape index (κ2) is 10.3. The van der Waals surface area contributed by atoms with Gasteiger partial charge in [-0.2, -0.15) is 0 Å². The quantitative estimate of drug-likeness (QED) is 0.403. The fraction of sp³-hybridized carbons (Fsp3) is 0.174. The van der Waals surface area contributed by atoms with Gasteiger partial charge in [0.15, 0.2) is 0 Å². The highest BCUT2D eigenvalue weighted by molar-refractivity contribution is 8.00. The molecular weight excluding hydrogens is 468 g/mol. The normalized spacial score (nSPS) is 12.1. The molecule has 0 unspecified atom stereocenters. The lowest BCUT2D eigenvalue weighted by molar-refractivity contribution is -0.115. The van der Waals surface area contributed by atoms with Gasteiger partial charge < -0.3 is 10.1 Å². The van der Waals surface area contributed by atoms with Crippen molar-refractivity contribution >= 4 is 50.7 Å². The van der Waals surface area contributed by atoms with Gasteiger partial charge in [-0.15, -0.1) is 11.8 Å². The molecule has 0 fully saturated rings. The SMILES string of the molecule is COc1ccc(C)cc1NS(=O)(=O)c1ccc(NC(=O)[C@@H](C)Sc2ccc(Cl)cc2)cc1. The molecule has 0 spiro atoms. The van der Waals surface area contributed by atoms with Gasteiger partial charge in [0.25, 0.3) is 10.0 Å². The molecule has 1 amide bonds. The zero-order valence-electron chi connectivity index (χ0n) is 17.8. The first-order chi connectivity index (χ1) is 15.2. The van der Waals surface area contributed by atoms with Crippen LogP contribution in [0.4, 0.5) is 11.4 Å². The number of thioether (sulfide) groups is 1. The Morgan fingerprint density at radius 1 is 1.03 bits per heavy atom. The third kappa shape index (κ3) is 6.18. The van der Waals surface area contributed by atoms with E-state index in [-0.39, 0.29) is 16.1 Å². The van der Waals surface area contributed by atoms with Gasteiger partial charge in [0.2, 0.25) is 5.91 Å². The molecule has 3 aromatic carbocycles. The number of hydrogen-bond donors (Lipinski definition) is 2. The maximum Gasteiger partial charge on any atom is 0.262 e. The summed E-state index contributed by atoms with van der Waals surface area (Å²) in [7, 11) is -2.35. The van der Waals surface area contributed by atoms with Crippen LogP contribution in [0.15, 0.2) is 76.5 Å². The van der Waals surface area contributed by atoms with E-state index in [0.717, 1.165) is 10.5 Å². The zero-order chi connectivity index (χ0) is 23.3. The molecule has 0 saturated heterocycles. The number of methoxy groups -OCH3 is 1. The van der Waals surface area contributed by atoms with Crippen molar-refractivity contribution in [2.45, 2.75) is 28.9 Å². The van der Waals surface area contributed by atoms with Crippen LogP contribution in [0.25, 0.3) is 0 Å². The van der Waals surface area contributed by atoms with E-state index in [1.807, 2.05) is 25.1 Å². The van der Waals surface area contributed by atoms with E-state index < -0.39 is 10.0 Å². The molecule has 0 radical (unpaired) electrons. The average molecular weight is 491 g/mol. The van der Waals surface area contributed by atoms with E-state index >= 15 is 0 Å². The molecule has 0 aliphatic rings. The van der Waals surface area contributed by atoms with Crippen LogP contribution in [-0.4, -0.2) is 26.7 Å². The van der Waals surface area contributed by atoms with Crippen LogP contribution < -0.4 is 14.8 Å². The Morgan fingerprint density at radius 3 is 2.31 bits per heavy atom. The molecule has 6 nitrogen and oxygen atoms in total. The zero-order valence-corrected chi connectivity index (χ0v) is 20.1. The minimum atomic E-state index is -3.83. The number of rotatable bonds is 8. The highest BCUT2D eigenvalue weighted by Crippen LogP contribution is 2.29. The third-order valence-electron chi connectivity index (χ3n) is 4.53. The highest BCUT2D eigenvalue weighted by Gasteiger charge is 2.18. The highest BCUT2D eigenvalue weighted by atomic mass is 35.5. The first kappa shape index (κ1) is 24.0. The summed E-state index contributed by atoms with van der Waals surface area (Å²) in [6.07, 6.45) is 0. The number of benzene rings is 3. The molecule has 0 aromatic heterocycles. The van der Waals surface area contributed by atoms with Gasteiger partial charge in [0.05, 0.1) is 22.9 Å². The summed E-state index contributed by atoms with van der Waals surface area (Å²) in [4.78, 5) is 13.5. The number of nitrogens with one attached hydrogen (secondary N) is 2. The molecule has 3 rings (SSSR count). The number of anilines is 2. The lowest BCUT2D eigenvalue weighted by Crippen LogP contribution is -2.22. The average Bonchev–Trinajstić information content (AvgIpc) is 2.75. The van der Waals surface area contributed by atoms with Gasteiger partial charge in [-0.25, -0.2) is 8.42 Å². The molecule has 0 bridgehead atoms. The molecule has 0 aliphatic carbocycles. The van der Waals surface area contributed by atoms with Crippen molar-refractivity contribution in [3.05, 3.63) is 77.3 Å². The number of sulfonamides is 1. The molecular formula is C23H23ClN2O4S2. The largest absolute Gasteiger partial charge is 0.495 e. The standard InChI is InChI=1S/C23H23ClN2O4S2/c1-15-4-13-22(30-3)21(14-15)26-32(28,29)20-11-7-18(8-12-20)25-23(27)16(2)31-19-9-5-17(24)6-10-19/h4-14,16,26H,1-3H3,(H,25,27)/t16-/m1/s1. The number of ether oxygens (including phenoxy) is 1. The van der Waals surface area contributed by atoms with E-state index in [2.05, 4.69) is 10.0 Å². The van der Waals surface area contributed by atoms with Crippen LogP contribution in [0.5, 0.6) is 5.75 Å². The third-order valence-corrected chi connectivity index (χ3v) is 7.27. The van der Waals surface area contributed by atoms with E-state index in [1.54, 1.807) is 43.3 Å². The Labute approximate surface area is 197 Å². The monoisotopic (exact) mass is 490 g/mol. The topological polar surface area (TPSA) is 84.5 Å². The molecule has 9 heteroatoms. The number of hydrogen-bond acceptors (Lipinski definition) is 5. The fourth-order valence-electron chi connectivity index (χ4n) is 2.84. The summed E-state index contributed by atoms with van der Waals surface area (Å²) in [6, 6.07) is 18.5. The van der Waals surface area contributed by atoms with Crippen molar-refractivity contribution in [1.82, 2.24) is 0 Å². The van der Waals surface area contributed by atoms with Crippen LogP contribution in [0.3, 0.4) is 0 Å². The Morgan fingerprint density at radius 2 is 1.69 bits per heavy atom. The predicted octanol–water partition coefficient (Wildman–Crippen LogP) is 5.58. The van der Waals surface area contributed by atoms with Crippen molar-refractivity contribution in [1.29, 1.82) is 0 Å². The predicted molar refractivity (Wildman–Crippen MR) is 130 cm³/mol. The van der Waals surface area contributed by atoms with Crippen molar-refractivity contribution < 1.29 is 17.9 Å². The number of halogens is 1. The van der Waals surface area contributed by atoms with E-state index in [1.165, 1.54) is 31.0 Å². The Hall–Kier alpha value is -2.68. The minimum absolute atomic E-state index is 0.0719. The van der Waals surface area contributed by atoms with Crippen LogP contribution in [0.2, 0.25) is 5.02 Å². The van der Waals surface area contributed by atoms with Crippen molar-refractivity contribution in [2.24, 2.45) is 0 Å². The number of aryl methyl sites for hydroxylation is 1. The summed E-state index contributed by atoms with van der Waals surface area (Å²) >= 11 is 7.29. The molecule has 2 N–H and O–H groups in total. The molecule has 0 aliphatic heterocycles. The van der Waals surface area contributed by atoms with Crippen LogP contribution in [0, 0.1) is 6.92 Å². The smallest absolute Gasteiger partial charge is 0.262 e. The van der Waals surface area contributed by atoms with Gasteiger partial charge in [0.1, 0.15) is 5.75 Å². The van der Waals surface area contributed by atoms with Crippen molar-refractivity contribution in [2.75, 3.05) is 17.1 Å². The molecule has 3 aromatic rings. The fourth-order valence-corrected chi connectivity index (χ4v) is 4.89. The Kier molecular flexibility index (Phi) is 7.71. The van der Waals surface area contributed by atoms with Crippen LogP contribution in [-0.2, 0) is 14.8 Å². The minimum Gasteiger partial charge on any atom is -0.495 e. The van der Waals surface area contributed by atoms with Gasteiger partial charge in [-0.1, -0.05) is 17.7 Å². The lowest BCUT2D eigenvalue weighted by Gasteiger charge is -2.14. The summed E-state index contributed by atoms with van der Waals surface area (Å²) in [5.74, 6) is 0.235. The molecule has 168 valence electrons. The Balaban J connectivity index is 1.66.